The Hall–Kier alpha value is -2.13. The number of hydrogen-bond donors (Lipinski definition) is 2. The predicted molar refractivity (Wildman–Crippen MR) is 71.0 cm³/mol. The van der Waals surface area contributed by atoms with Gasteiger partial charge in [-0.3, -0.25) is 4.79 Å². The lowest BCUT2D eigenvalue weighted by molar-refractivity contribution is -0.0521. The highest BCUT2D eigenvalue weighted by molar-refractivity contribution is 7.09. The Labute approximate surface area is 121 Å². The summed E-state index contributed by atoms with van der Waals surface area (Å²) in [5.74, 6) is -2.15. The van der Waals surface area contributed by atoms with Crippen LogP contribution in [-0.4, -0.2) is 17.5 Å². The van der Waals surface area contributed by atoms with Gasteiger partial charge in [-0.25, -0.2) is 9.37 Å². The average molecular weight is 317 g/mol. The number of hydrogen-bond acceptors (Lipinski definition) is 5. The van der Waals surface area contributed by atoms with Gasteiger partial charge in [-0.2, -0.15) is 8.78 Å². The van der Waals surface area contributed by atoms with E-state index in [1.165, 1.54) is 22.8 Å². The minimum absolute atomic E-state index is 0.0985. The molecule has 9 heteroatoms. The van der Waals surface area contributed by atoms with Crippen molar-refractivity contribution in [2.75, 3.05) is 5.32 Å². The maximum absolute atomic E-state index is 13.5. The first-order valence-corrected chi connectivity index (χ1v) is 6.57. The Bertz CT molecular complexity index is 648. The fourth-order valence-electron chi connectivity index (χ4n) is 1.47. The standard InChI is InChI=1S/C12H10F3N3O2S/c13-7-3-6(1-2-9(7)20-12(14)15)17-11(19)8-5-21-10(4-16)18-8/h1-3,5,12H,4,16H2,(H,17,19). The first-order chi connectivity index (χ1) is 9.99. The van der Waals surface area contributed by atoms with Crippen molar-refractivity contribution >= 4 is 22.9 Å². The molecule has 2 rings (SSSR count). The lowest BCUT2D eigenvalue weighted by atomic mass is 10.3. The molecule has 0 fully saturated rings. The molecule has 0 atom stereocenters. The molecule has 0 bridgehead atoms. The lowest BCUT2D eigenvalue weighted by Gasteiger charge is -2.08. The summed E-state index contributed by atoms with van der Waals surface area (Å²) in [6.45, 7) is -2.91. The molecule has 0 radical (unpaired) electrons. The second-order valence-electron chi connectivity index (χ2n) is 3.81. The van der Waals surface area contributed by atoms with E-state index >= 15 is 0 Å². The van der Waals surface area contributed by atoms with Crippen molar-refractivity contribution in [2.45, 2.75) is 13.2 Å². The first kappa shape index (κ1) is 15.3. The number of nitrogens with two attached hydrogens (primary N) is 1. The SMILES string of the molecule is NCc1nc(C(=O)Nc2ccc(OC(F)F)c(F)c2)cs1. The Kier molecular flexibility index (Phi) is 4.76. The Morgan fingerprint density at radius 3 is 2.81 bits per heavy atom. The van der Waals surface area contributed by atoms with Gasteiger partial charge in [0, 0.05) is 23.7 Å². The van der Waals surface area contributed by atoms with Crippen LogP contribution in [0.25, 0.3) is 0 Å². The van der Waals surface area contributed by atoms with Crippen LogP contribution in [-0.2, 0) is 6.54 Å². The highest BCUT2D eigenvalue weighted by Crippen LogP contribution is 2.23. The third kappa shape index (κ3) is 3.92. The highest BCUT2D eigenvalue weighted by atomic mass is 32.1. The van der Waals surface area contributed by atoms with Crippen molar-refractivity contribution in [3.63, 3.8) is 0 Å². The summed E-state index contributed by atoms with van der Waals surface area (Å²) in [6.07, 6.45) is 0. The van der Waals surface area contributed by atoms with Crippen LogP contribution in [0, 0.1) is 5.82 Å². The number of benzene rings is 1. The Morgan fingerprint density at radius 2 is 2.24 bits per heavy atom. The van der Waals surface area contributed by atoms with Crippen molar-refractivity contribution in [2.24, 2.45) is 5.73 Å². The van der Waals surface area contributed by atoms with Crippen LogP contribution in [0.2, 0.25) is 0 Å². The molecule has 5 nitrogen and oxygen atoms in total. The van der Waals surface area contributed by atoms with Crippen LogP contribution in [0.15, 0.2) is 23.6 Å². The number of amides is 1. The summed E-state index contributed by atoms with van der Waals surface area (Å²) < 4.78 is 41.4. The first-order valence-electron chi connectivity index (χ1n) is 5.69. The normalized spacial score (nSPS) is 10.7. The van der Waals surface area contributed by atoms with Crippen LogP contribution < -0.4 is 15.8 Å². The van der Waals surface area contributed by atoms with E-state index in [1.807, 2.05) is 0 Å². The number of carbonyl (C=O) groups is 1. The van der Waals surface area contributed by atoms with Crippen molar-refractivity contribution in [1.82, 2.24) is 4.98 Å². The number of nitrogens with zero attached hydrogens (tertiary/aromatic N) is 1. The van der Waals surface area contributed by atoms with Gasteiger partial charge in [-0.05, 0) is 12.1 Å². The number of ether oxygens (including phenoxy) is 1. The van der Waals surface area contributed by atoms with Gasteiger partial charge >= 0.3 is 6.61 Å². The molecule has 0 spiro atoms. The molecule has 1 amide bonds. The van der Waals surface area contributed by atoms with E-state index in [0.717, 1.165) is 12.1 Å². The molecule has 0 saturated carbocycles. The second-order valence-corrected chi connectivity index (χ2v) is 4.75. The van der Waals surface area contributed by atoms with Crippen LogP contribution in [0.1, 0.15) is 15.5 Å². The Morgan fingerprint density at radius 1 is 1.48 bits per heavy atom. The zero-order valence-corrected chi connectivity index (χ0v) is 11.3. The second kappa shape index (κ2) is 6.55. The molecule has 112 valence electrons. The number of carbonyl (C=O) groups excluding carboxylic acids is 1. The fourth-order valence-corrected chi connectivity index (χ4v) is 2.13. The summed E-state index contributed by atoms with van der Waals surface area (Å²) in [5.41, 5.74) is 5.63. The molecule has 1 heterocycles. The maximum atomic E-state index is 13.5. The third-order valence-electron chi connectivity index (χ3n) is 2.36. The minimum Gasteiger partial charge on any atom is -0.432 e. The summed E-state index contributed by atoms with van der Waals surface area (Å²) in [6, 6.07) is 3.13. The largest absolute Gasteiger partial charge is 0.432 e. The minimum atomic E-state index is -3.12. The van der Waals surface area contributed by atoms with E-state index < -0.39 is 24.1 Å². The van der Waals surface area contributed by atoms with Gasteiger partial charge in [0.25, 0.3) is 5.91 Å². The van der Waals surface area contributed by atoms with Gasteiger partial charge in [0.15, 0.2) is 11.6 Å². The number of rotatable bonds is 5. The topological polar surface area (TPSA) is 77.2 Å². The average Bonchev–Trinajstić information content (AvgIpc) is 2.90. The van der Waals surface area contributed by atoms with Crippen LogP contribution in [0.4, 0.5) is 18.9 Å². The van der Waals surface area contributed by atoms with E-state index in [4.69, 9.17) is 5.73 Å². The summed E-state index contributed by atoms with van der Waals surface area (Å²) in [5, 5.41) is 4.50. The highest BCUT2D eigenvalue weighted by Gasteiger charge is 2.13. The molecule has 0 saturated heterocycles. The fraction of sp³-hybridized carbons (Fsp3) is 0.167. The van der Waals surface area contributed by atoms with Gasteiger partial charge in [0.1, 0.15) is 10.7 Å². The number of thiazole rings is 1. The molecule has 0 aliphatic carbocycles. The third-order valence-corrected chi connectivity index (χ3v) is 3.24. The number of nitrogens with one attached hydrogen (secondary N) is 1. The van der Waals surface area contributed by atoms with Crippen molar-refractivity contribution < 1.29 is 22.7 Å². The van der Waals surface area contributed by atoms with Gasteiger partial charge < -0.3 is 15.8 Å². The zero-order valence-electron chi connectivity index (χ0n) is 10.5. The van der Waals surface area contributed by atoms with E-state index in [9.17, 15) is 18.0 Å². The van der Waals surface area contributed by atoms with Gasteiger partial charge in [-0.1, -0.05) is 0 Å². The number of halogens is 3. The predicted octanol–water partition coefficient (Wildman–Crippen LogP) is 2.59. The molecule has 0 aliphatic heterocycles. The summed E-state index contributed by atoms with van der Waals surface area (Å²) in [4.78, 5) is 15.8. The molecular weight excluding hydrogens is 307 g/mol. The van der Waals surface area contributed by atoms with Crippen LogP contribution in [0.5, 0.6) is 5.75 Å². The number of aromatic nitrogens is 1. The summed E-state index contributed by atoms with van der Waals surface area (Å²) >= 11 is 1.23. The molecule has 1 aromatic heterocycles. The van der Waals surface area contributed by atoms with E-state index in [-0.39, 0.29) is 17.9 Å². The lowest BCUT2D eigenvalue weighted by Crippen LogP contribution is -2.13. The van der Waals surface area contributed by atoms with E-state index in [2.05, 4.69) is 15.0 Å². The quantitative estimate of drug-likeness (QED) is 0.888. The van der Waals surface area contributed by atoms with Crippen molar-refractivity contribution in [3.05, 3.63) is 40.1 Å². The van der Waals surface area contributed by atoms with Crippen LogP contribution in [0.3, 0.4) is 0 Å². The molecule has 2 aromatic rings. The molecule has 0 unspecified atom stereocenters. The van der Waals surface area contributed by atoms with Crippen molar-refractivity contribution in [3.8, 4) is 5.75 Å². The van der Waals surface area contributed by atoms with Gasteiger partial charge in [0.2, 0.25) is 0 Å². The van der Waals surface area contributed by atoms with Crippen LogP contribution >= 0.6 is 11.3 Å². The number of alkyl halides is 2. The zero-order chi connectivity index (χ0) is 15.4. The molecular formula is C12H10F3N3O2S. The molecule has 3 N–H and O–H groups in total. The summed E-state index contributed by atoms with van der Waals surface area (Å²) in [7, 11) is 0. The van der Waals surface area contributed by atoms with E-state index in [1.54, 1.807) is 0 Å². The number of anilines is 1. The Balaban J connectivity index is 2.09. The van der Waals surface area contributed by atoms with Gasteiger partial charge in [-0.15, -0.1) is 11.3 Å². The van der Waals surface area contributed by atoms with Gasteiger partial charge in [0.05, 0.1) is 0 Å². The van der Waals surface area contributed by atoms with Crippen molar-refractivity contribution in [1.29, 1.82) is 0 Å². The van der Waals surface area contributed by atoms with E-state index in [0.29, 0.717) is 5.01 Å². The molecule has 0 aliphatic rings. The molecule has 21 heavy (non-hydrogen) atoms. The smallest absolute Gasteiger partial charge is 0.387 e. The maximum Gasteiger partial charge on any atom is 0.387 e. The molecule has 1 aromatic carbocycles. The monoisotopic (exact) mass is 317 g/mol.